The predicted molar refractivity (Wildman–Crippen MR) is 92.9 cm³/mol. The minimum atomic E-state index is -0.555. The smallest absolute Gasteiger partial charge is 0.317 e. The highest BCUT2D eigenvalue weighted by Crippen LogP contribution is 2.49. The first-order valence-electron chi connectivity index (χ1n) is 8.11. The van der Waals surface area contributed by atoms with Crippen molar-refractivity contribution in [1.82, 2.24) is 0 Å². The van der Waals surface area contributed by atoms with E-state index in [4.69, 9.17) is 4.74 Å². The summed E-state index contributed by atoms with van der Waals surface area (Å²) in [7, 11) is 0. The van der Waals surface area contributed by atoms with Crippen LogP contribution in [0.1, 0.15) is 29.5 Å². The number of hydrogen-bond donors (Lipinski definition) is 1. The van der Waals surface area contributed by atoms with Gasteiger partial charge in [-0.05, 0) is 49.4 Å². The van der Waals surface area contributed by atoms with Gasteiger partial charge in [0.2, 0.25) is 0 Å². The Labute approximate surface area is 141 Å². The average Bonchev–Trinajstić information content (AvgIpc) is 3.39. The molecule has 0 aromatic heterocycles. The van der Waals surface area contributed by atoms with E-state index in [1.54, 1.807) is 0 Å². The maximum atomic E-state index is 12.4. The third kappa shape index (κ3) is 3.32. The van der Waals surface area contributed by atoms with E-state index in [1.807, 2.05) is 62.4 Å². The highest BCUT2D eigenvalue weighted by atomic mass is 16.5. The highest BCUT2D eigenvalue weighted by Gasteiger charge is 2.52. The Morgan fingerprint density at radius 3 is 2.46 bits per heavy atom. The zero-order valence-corrected chi connectivity index (χ0v) is 14.0. The molecule has 0 radical (unpaired) electrons. The van der Waals surface area contributed by atoms with Gasteiger partial charge >= 0.3 is 5.97 Å². The number of hydrogen-bond acceptors (Lipinski definition) is 3. The van der Waals surface area contributed by atoms with Crippen LogP contribution in [0.3, 0.4) is 0 Å². The van der Waals surface area contributed by atoms with Gasteiger partial charge in [0.05, 0.1) is 5.41 Å². The normalized spacial score (nSPS) is 14.8. The first-order chi connectivity index (χ1) is 11.5. The fourth-order valence-corrected chi connectivity index (χ4v) is 2.82. The Hall–Kier alpha value is -2.62. The molecule has 0 aliphatic heterocycles. The molecule has 0 heterocycles. The molecule has 3 rings (SSSR count). The second-order valence-electron chi connectivity index (χ2n) is 6.39. The number of nitrogens with one attached hydrogen (secondary N) is 1. The van der Waals surface area contributed by atoms with Gasteiger partial charge in [-0.2, -0.15) is 0 Å². The molecule has 1 N–H and O–H groups in total. The van der Waals surface area contributed by atoms with Crippen molar-refractivity contribution in [3.8, 4) is 0 Å². The van der Waals surface area contributed by atoms with Crippen LogP contribution in [0.2, 0.25) is 0 Å². The van der Waals surface area contributed by atoms with Gasteiger partial charge in [-0.3, -0.25) is 9.59 Å². The fourth-order valence-electron chi connectivity index (χ4n) is 2.82. The van der Waals surface area contributed by atoms with E-state index in [0.717, 1.165) is 35.2 Å². The van der Waals surface area contributed by atoms with Crippen molar-refractivity contribution in [1.29, 1.82) is 0 Å². The van der Waals surface area contributed by atoms with Gasteiger partial charge in [-0.15, -0.1) is 0 Å². The van der Waals surface area contributed by atoms with Crippen LogP contribution < -0.4 is 5.32 Å². The van der Waals surface area contributed by atoms with E-state index >= 15 is 0 Å². The van der Waals surface area contributed by atoms with Crippen LogP contribution in [0.4, 0.5) is 5.69 Å². The third-order valence-electron chi connectivity index (χ3n) is 4.47. The molecule has 1 saturated carbocycles. The van der Waals surface area contributed by atoms with E-state index in [2.05, 4.69) is 5.32 Å². The summed E-state index contributed by atoms with van der Waals surface area (Å²) < 4.78 is 5.28. The monoisotopic (exact) mass is 323 g/mol. The van der Waals surface area contributed by atoms with E-state index in [1.165, 1.54) is 0 Å². The molecule has 1 aliphatic carbocycles. The second-order valence-corrected chi connectivity index (χ2v) is 6.39. The summed E-state index contributed by atoms with van der Waals surface area (Å²) >= 11 is 0. The molecule has 24 heavy (non-hydrogen) atoms. The van der Waals surface area contributed by atoms with Crippen molar-refractivity contribution >= 4 is 17.6 Å². The molecule has 1 aliphatic rings. The number of benzene rings is 2. The molecule has 0 unspecified atom stereocenters. The number of amides is 1. The molecule has 1 fully saturated rings. The van der Waals surface area contributed by atoms with Crippen LogP contribution in [0.15, 0.2) is 48.5 Å². The average molecular weight is 323 g/mol. The van der Waals surface area contributed by atoms with E-state index in [-0.39, 0.29) is 18.5 Å². The van der Waals surface area contributed by atoms with Gasteiger partial charge in [-0.25, -0.2) is 0 Å². The maximum absolute atomic E-state index is 12.4. The largest absolute Gasteiger partial charge is 0.455 e. The number of carbonyl (C=O) groups excluding carboxylic acids is 2. The minimum Gasteiger partial charge on any atom is -0.455 e. The maximum Gasteiger partial charge on any atom is 0.317 e. The fraction of sp³-hybridized carbons (Fsp3) is 0.300. The van der Waals surface area contributed by atoms with Crippen LogP contribution in [0.25, 0.3) is 0 Å². The Morgan fingerprint density at radius 1 is 1.08 bits per heavy atom. The minimum absolute atomic E-state index is 0.263. The zero-order valence-electron chi connectivity index (χ0n) is 14.0. The Balaban J connectivity index is 1.59. The summed E-state index contributed by atoms with van der Waals surface area (Å²) in [5.41, 5.74) is 3.20. The molecule has 4 heteroatoms. The number of rotatable bonds is 5. The zero-order chi connectivity index (χ0) is 17.2. The van der Waals surface area contributed by atoms with Gasteiger partial charge < -0.3 is 10.1 Å². The molecule has 2 aromatic carbocycles. The Kier molecular flexibility index (Phi) is 4.38. The summed E-state index contributed by atoms with van der Waals surface area (Å²) in [5.74, 6) is -0.634. The summed E-state index contributed by atoms with van der Waals surface area (Å²) in [6, 6.07) is 15.5. The van der Waals surface area contributed by atoms with Gasteiger partial charge in [0.25, 0.3) is 5.91 Å². The van der Waals surface area contributed by atoms with Crippen molar-refractivity contribution in [2.24, 2.45) is 0 Å². The number of aryl methyl sites for hydroxylation is 2. The Morgan fingerprint density at radius 2 is 1.79 bits per heavy atom. The predicted octanol–water partition coefficient (Wildman–Crippen LogP) is 3.52. The van der Waals surface area contributed by atoms with Crippen LogP contribution in [0, 0.1) is 13.8 Å². The van der Waals surface area contributed by atoms with Gasteiger partial charge in [-0.1, -0.05) is 42.5 Å². The molecular formula is C20H21NO3. The lowest BCUT2D eigenvalue weighted by atomic mass is 9.96. The summed E-state index contributed by atoms with van der Waals surface area (Å²) in [6.07, 6.45) is 1.54. The van der Waals surface area contributed by atoms with Crippen molar-refractivity contribution < 1.29 is 14.3 Å². The summed E-state index contributed by atoms with van der Waals surface area (Å²) in [4.78, 5) is 24.5. The lowest BCUT2D eigenvalue weighted by molar-refractivity contribution is -0.150. The van der Waals surface area contributed by atoms with E-state index in [0.29, 0.717) is 0 Å². The highest BCUT2D eigenvalue weighted by molar-refractivity contribution is 5.95. The molecule has 0 bridgehead atoms. The van der Waals surface area contributed by atoms with Crippen LogP contribution >= 0.6 is 0 Å². The summed E-state index contributed by atoms with van der Waals surface area (Å²) in [5, 5.41) is 2.80. The molecule has 124 valence electrons. The van der Waals surface area contributed by atoms with Crippen molar-refractivity contribution in [2.75, 3.05) is 11.9 Å². The third-order valence-corrected chi connectivity index (χ3v) is 4.47. The van der Waals surface area contributed by atoms with Crippen molar-refractivity contribution in [3.05, 3.63) is 65.2 Å². The topological polar surface area (TPSA) is 55.4 Å². The number of carbonyl (C=O) groups is 2. The van der Waals surface area contributed by atoms with Crippen LogP contribution in [-0.4, -0.2) is 18.5 Å². The SMILES string of the molecule is Cc1ccc(C)c(NC(=O)COC(=O)C2(c3ccccc3)CC2)c1. The molecule has 0 spiro atoms. The lowest BCUT2D eigenvalue weighted by Gasteiger charge is -2.15. The van der Waals surface area contributed by atoms with Gasteiger partial charge in [0.1, 0.15) is 0 Å². The first kappa shape index (κ1) is 16.2. The number of anilines is 1. The van der Waals surface area contributed by atoms with Gasteiger partial charge in [0, 0.05) is 5.69 Å². The molecule has 2 aromatic rings. The van der Waals surface area contributed by atoms with E-state index < -0.39 is 5.41 Å². The molecule has 0 atom stereocenters. The lowest BCUT2D eigenvalue weighted by Crippen LogP contribution is -2.28. The van der Waals surface area contributed by atoms with E-state index in [9.17, 15) is 9.59 Å². The standard InChI is InChI=1S/C20H21NO3/c1-14-8-9-15(2)17(12-14)21-18(22)13-24-19(23)20(10-11-20)16-6-4-3-5-7-16/h3-9,12H,10-11,13H2,1-2H3,(H,21,22). The molecule has 4 nitrogen and oxygen atoms in total. The molecule has 0 saturated heterocycles. The first-order valence-corrected chi connectivity index (χ1v) is 8.11. The van der Waals surface area contributed by atoms with Crippen molar-refractivity contribution in [2.45, 2.75) is 32.1 Å². The second kappa shape index (κ2) is 6.48. The molecule has 1 amide bonds. The number of esters is 1. The van der Waals surface area contributed by atoms with Crippen LogP contribution in [0.5, 0.6) is 0 Å². The molecular weight excluding hydrogens is 302 g/mol. The Bertz CT molecular complexity index is 764. The quantitative estimate of drug-likeness (QED) is 0.857. The summed E-state index contributed by atoms with van der Waals surface area (Å²) in [6.45, 7) is 3.63. The van der Waals surface area contributed by atoms with Crippen molar-refractivity contribution in [3.63, 3.8) is 0 Å². The van der Waals surface area contributed by atoms with Gasteiger partial charge in [0.15, 0.2) is 6.61 Å². The van der Waals surface area contributed by atoms with Crippen LogP contribution in [-0.2, 0) is 19.7 Å². The number of ether oxygens (including phenoxy) is 1.